The summed E-state index contributed by atoms with van der Waals surface area (Å²) in [5.74, 6) is 1.57. The van der Waals surface area contributed by atoms with Gasteiger partial charge in [-0.1, -0.05) is 24.3 Å². The Labute approximate surface area is 227 Å². The molecule has 1 saturated heterocycles. The van der Waals surface area contributed by atoms with Gasteiger partial charge in [0.1, 0.15) is 30.5 Å². The van der Waals surface area contributed by atoms with Gasteiger partial charge in [-0.05, 0) is 55.2 Å². The van der Waals surface area contributed by atoms with Gasteiger partial charge in [0, 0.05) is 40.8 Å². The third-order valence-corrected chi connectivity index (χ3v) is 7.78. The Kier molecular flexibility index (Phi) is 6.54. The van der Waals surface area contributed by atoms with Crippen LogP contribution in [0.25, 0.3) is 11.1 Å². The number of rotatable bonds is 8. The van der Waals surface area contributed by atoms with Crippen molar-refractivity contribution in [2.75, 3.05) is 25.1 Å². The van der Waals surface area contributed by atoms with Crippen molar-refractivity contribution < 1.29 is 28.9 Å². The van der Waals surface area contributed by atoms with E-state index < -0.39 is 5.97 Å². The summed E-state index contributed by atoms with van der Waals surface area (Å²) < 4.78 is 18.1. The molecule has 202 valence electrons. The van der Waals surface area contributed by atoms with Crippen LogP contribution in [-0.4, -0.2) is 42.8 Å². The molecule has 3 atom stereocenters. The first-order valence-electron chi connectivity index (χ1n) is 13.4. The van der Waals surface area contributed by atoms with Crippen molar-refractivity contribution in [2.45, 2.75) is 51.1 Å². The number of ether oxygens (including phenoxy) is 3. The number of aryl methyl sites for hydroxylation is 2. The van der Waals surface area contributed by atoms with Crippen molar-refractivity contribution in [3.63, 3.8) is 0 Å². The molecule has 3 N–H and O–H groups in total. The molecule has 1 unspecified atom stereocenters. The van der Waals surface area contributed by atoms with Crippen molar-refractivity contribution in [2.24, 2.45) is 0 Å². The van der Waals surface area contributed by atoms with Crippen molar-refractivity contribution >= 4 is 17.6 Å². The van der Waals surface area contributed by atoms with E-state index >= 15 is 0 Å². The number of para-hydroxylation sites is 1. The van der Waals surface area contributed by atoms with E-state index in [1.807, 2.05) is 30.3 Å². The van der Waals surface area contributed by atoms with Gasteiger partial charge in [-0.3, -0.25) is 9.59 Å². The fraction of sp³-hybridized carbons (Fsp3) is 0.355. The number of hydrogen-bond donors (Lipinski definition) is 3. The average molecular weight is 529 g/mol. The zero-order valence-corrected chi connectivity index (χ0v) is 22.1. The van der Waals surface area contributed by atoms with Crippen LogP contribution in [0.5, 0.6) is 17.2 Å². The lowest BCUT2D eigenvalue weighted by Gasteiger charge is -2.18. The number of fused-ring (bicyclic) bond motifs is 2. The molecule has 3 aliphatic rings. The Morgan fingerprint density at radius 3 is 2.64 bits per heavy atom. The Morgan fingerprint density at radius 1 is 1.08 bits per heavy atom. The van der Waals surface area contributed by atoms with Crippen LogP contribution >= 0.6 is 0 Å². The van der Waals surface area contributed by atoms with Crippen LogP contribution in [0.15, 0.2) is 48.5 Å². The number of aliphatic carboxylic acids is 1. The minimum atomic E-state index is -0.819. The Balaban J connectivity index is 1.20. The van der Waals surface area contributed by atoms with E-state index in [4.69, 9.17) is 19.3 Å². The van der Waals surface area contributed by atoms with E-state index in [1.54, 1.807) is 0 Å². The summed E-state index contributed by atoms with van der Waals surface area (Å²) in [6.07, 6.45) is 1.44. The molecule has 8 nitrogen and oxygen atoms in total. The van der Waals surface area contributed by atoms with Crippen molar-refractivity contribution in [1.29, 1.82) is 0 Å². The van der Waals surface area contributed by atoms with Crippen molar-refractivity contribution in [3.05, 3.63) is 70.8 Å². The number of nitrogens with one attached hydrogen (secondary N) is 2. The highest BCUT2D eigenvalue weighted by Crippen LogP contribution is 2.45. The normalized spacial score (nSPS) is 21.0. The Bertz CT molecular complexity index is 1430. The second kappa shape index (κ2) is 10.2. The summed E-state index contributed by atoms with van der Waals surface area (Å²) in [6, 6.07) is 16.3. The van der Waals surface area contributed by atoms with Gasteiger partial charge >= 0.3 is 5.97 Å². The van der Waals surface area contributed by atoms with Crippen LogP contribution in [-0.2, 0) is 9.59 Å². The Hall–Kier alpha value is -4.20. The number of carboxylic acids is 1. The molecule has 3 aliphatic heterocycles. The molecule has 3 aromatic carbocycles. The molecular formula is C31H32N2O6. The van der Waals surface area contributed by atoms with Crippen LogP contribution in [0.3, 0.4) is 0 Å². The Morgan fingerprint density at radius 2 is 1.90 bits per heavy atom. The summed E-state index contributed by atoms with van der Waals surface area (Å²) in [6.45, 7) is 5.52. The predicted octanol–water partition coefficient (Wildman–Crippen LogP) is 5.12. The second-order valence-corrected chi connectivity index (χ2v) is 10.6. The topological polar surface area (TPSA) is 106 Å². The van der Waals surface area contributed by atoms with Crippen LogP contribution in [0.1, 0.15) is 53.5 Å². The lowest BCUT2D eigenvalue weighted by atomic mass is 9.92. The monoisotopic (exact) mass is 528 g/mol. The minimum Gasteiger partial charge on any atom is -0.493 e. The molecule has 0 bridgehead atoms. The number of carboxylic acid groups (broad SMARTS) is 1. The van der Waals surface area contributed by atoms with Crippen molar-refractivity contribution in [3.8, 4) is 28.4 Å². The van der Waals surface area contributed by atoms with Gasteiger partial charge in [-0.2, -0.15) is 0 Å². The van der Waals surface area contributed by atoms with Gasteiger partial charge < -0.3 is 30.0 Å². The van der Waals surface area contributed by atoms with E-state index in [0.717, 1.165) is 62.7 Å². The average Bonchev–Trinajstić information content (AvgIpc) is 3.61. The smallest absolute Gasteiger partial charge is 0.304 e. The van der Waals surface area contributed by atoms with Gasteiger partial charge in [0.15, 0.2) is 0 Å². The van der Waals surface area contributed by atoms with Gasteiger partial charge in [-0.25, -0.2) is 0 Å². The summed E-state index contributed by atoms with van der Waals surface area (Å²) >= 11 is 0. The van der Waals surface area contributed by atoms with Gasteiger partial charge in [0.2, 0.25) is 5.91 Å². The maximum atomic E-state index is 11.5. The molecule has 6 rings (SSSR count). The fourth-order valence-corrected chi connectivity index (χ4v) is 5.94. The molecule has 8 heteroatoms. The van der Waals surface area contributed by atoms with Gasteiger partial charge in [-0.15, -0.1) is 0 Å². The molecule has 39 heavy (non-hydrogen) atoms. The van der Waals surface area contributed by atoms with E-state index in [1.165, 1.54) is 0 Å². The summed E-state index contributed by atoms with van der Waals surface area (Å²) in [7, 11) is 0. The molecule has 0 radical (unpaired) electrons. The quantitative estimate of drug-likeness (QED) is 0.372. The van der Waals surface area contributed by atoms with E-state index in [-0.39, 0.29) is 30.3 Å². The summed E-state index contributed by atoms with van der Waals surface area (Å²) in [5, 5.41) is 15.7. The van der Waals surface area contributed by atoms with Crippen LogP contribution in [0.4, 0.5) is 5.69 Å². The highest BCUT2D eigenvalue weighted by Gasteiger charge is 2.30. The summed E-state index contributed by atoms with van der Waals surface area (Å²) in [4.78, 5) is 22.6. The molecule has 3 heterocycles. The fourth-order valence-electron chi connectivity index (χ4n) is 5.94. The van der Waals surface area contributed by atoms with Crippen LogP contribution in [0, 0.1) is 13.8 Å². The molecule has 1 amide bonds. The van der Waals surface area contributed by atoms with Crippen LogP contribution in [0.2, 0.25) is 0 Å². The van der Waals surface area contributed by atoms with E-state index in [0.29, 0.717) is 26.2 Å². The zero-order valence-electron chi connectivity index (χ0n) is 22.1. The largest absolute Gasteiger partial charge is 0.493 e. The molecule has 0 spiro atoms. The van der Waals surface area contributed by atoms with E-state index in [2.05, 4.69) is 42.7 Å². The van der Waals surface area contributed by atoms with Gasteiger partial charge in [0.05, 0.1) is 25.1 Å². The third kappa shape index (κ3) is 4.99. The first-order valence-corrected chi connectivity index (χ1v) is 13.4. The lowest BCUT2D eigenvalue weighted by molar-refractivity contribution is -0.137. The number of carbonyl (C=O) groups excluding carboxylic acids is 1. The summed E-state index contributed by atoms with van der Waals surface area (Å²) in [5.41, 5.74) is 7.32. The lowest BCUT2D eigenvalue weighted by Crippen LogP contribution is -2.30. The number of hydrogen-bond acceptors (Lipinski definition) is 6. The van der Waals surface area contributed by atoms with Crippen molar-refractivity contribution in [1.82, 2.24) is 5.32 Å². The molecule has 0 aliphatic carbocycles. The van der Waals surface area contributed by atoms with Crippen LogP contribution < -0.4 is 24.8 Å². The third-order valence-electron chi connectivity index (χ3n) is 7.78. The molecule has 3 aromatic rings. The maximum absolute atomic E-state index is 11.5. The molecule has 1 fully saturated rings. The maximum Gasteiger partial charge on any atom is 0.304 e. The molecular weight excluding hydrogens is 496 g/mol. The number of benzene rings is 3. The highest BCUT2D eigenvalue weighted by molar-refractivity contribution is 5.80. The first kappa shape index (κ1) is 25.1. The number of amides is 1. The predicted molar refractivity (Wildman–Crippen MR) is 147 cm³/mol. The number of anilines is 1. The first-order chi connectivity index (χ1) is 18.9. The standard InChI is InChI=1S/C31H32N2O6/c1-17-10-22(37-15-21-7-9-28(34)33-21)11-18(2)30(17)25-5-3-4-24-26(16-39-31(24)25)32-20-6-8-23-19(12-29(35)36)14-38-27(23)13-20/h3-6,8,10-11,13,19,21,26,32H,7,9,12,14-16H2,1-2H3,(H,33,34)(H,35,36)/t19-,21?,26-/m1/s1. The second-order valence-electron chi connectivity index (χ2n) is 10.6. The molecule has 0 aromatic heterocycles. The molecule has 0 saturated carbocycles. The zero-order chi connectivity index (χ0) is 27.1. The number of carbonyl (C=O) groups is 2. The SMILES string of the molecule is Cc1cc(OCC2CCC(=O)N2)cc(C)c1-c1cccc2c1OC[C@H]2Nc1ccc2c(c1)OC[C@H]2CC(=O)O. The van der Waals surface area contributed by atoms with Gasteiger partial charge in [0.25, 0.3) is 0 Å². The minimum absolute atomic E-state index is 0.0286. The highest BCUT2D eigenvalue weighted by atomic mass is 16.5. The van der Waals surface area contributed by atoms with E-state index in [9.17, 15) is 9.59 Å².